The highest BCUT2D eigenvalue weighted by molar-refractivity contribution is 7.89. The van der Waals surface area contributed by atoms with Gasteiger partial charge in [-0.25, -0.2) is 18.4 Å². The second-order valence-electron chi connectivity index (χ2n) is 7.57. The van der Waals surface area contributed by atoms with Crippen LogP contribution in [0.25, 0.3) is 11.1 Å². The molecule has 0 atom stereocenters. The molecule has 0 radical (unpaired) electrons. The van der Waals surface area contributed by atoms with Gasteiger partial charge >= 0.3 is 0 Å². The molecule has 0 aliphatic heterocycles. The lowest BCUT2D eigenvalue weighted by Gasteiger charge is -2.13. The van der Waals surface area contributed by atoms with E-state index < -0.39 is 9.84 Å². The summed E-state index contributed by atoms with van der Waals surface area (Å²) in [7, 11) is -3.23. The summed E-state index contributed by atoms with van der Waals surface area (Å²) < 4.78 is 34.6. The summed E-state index contributed by atoms with van der Waals surface area (Å²) in [5.41, 5.74) is 4.68. The van der Waals surface area contributed by atoms with Gasteiger partial charge < -0.3 is 9.47 Å². The Bertz CT molecular complexity index is 1370. The minimum Gasteiger partial charge on any atom is -0.489 e. The van der Waals surface area contributed by atoms with Crippen LogP contribution in [-0.2, 0) is 28.6 Å². The van der Waals surface area contributed by atoms with Crippen molar-refractivity contribution in [3.05, 3.63) is 69.8 Å². The summed E-state index contributed by atoms with van der Waals surface area (Å²) in [6.07, 6.45) is 3.30. The highest BCUT2D eigenvalue weighted by Gasteiger charge is 2.26. The Hall–Kier alpha value is -2.86. The third-order valence-corrected chi connectivity index (χ3v) is 6.32. The Morgan fingerprint density at radius 1 is 1.18 bits per heavy atom. The smallest absolute Gasteiger partial charge is 0.156 e. The van der Waals surface area contributed by atoms with E-state index in [0.717, 1.165) is 28.5 Å². The van der Waals surface area contributed by atoms with Crippen LogP contribution < -0.4 is 9.47 Å². The Labute approximate surface area is 201 Å². The molecule has 1 aliphatic rings. The fourth-order valence-corrected chi connectivity index (χ4v) is 4.77. The van der Waals surface area contributed by atoms with Gasteiger partial charge in [-0.15, -0.1) is 11.6 Å². The van der Waals surface area contributed by atoms with Gasteiger partial charge in [-0.2, -0.15) is 5.26 Å². The number of nitrogens with zero attached hydrogens (tertiary/aromatic N) is 3. The van der Waals surface area contributed by atoms with E-state index in [4.69, 9.17) is 32.7 Å². The minimum absolute atomic E-state index is 0.149. The summed E-state index contributed by atoms with van der Waals surface area (Å²) >= 11 is 12.4. The number of aromatic nitrogens is 2. The first kappa shape index (κ1) is 23.3. The largest absolute Gasteiger partial charge is 0.489 e. The lowest BCUT2D eigenvalue weighted by atomic mass is 10.0. The molecule has 0 unspecified atom stereocenters. The molecule has 3 aromatic rings. The van der Waals surface area contributed by atoms with Gasteiger partial charge in [0.1, 0.15) is 36.6 Å². The standard InChI is InChI=1S/C23H19Cl2N3O4S/c1-33(29,30)13-20-27-6-4-17(28-20)12-32-18-3-2-14-8-15-9-16(11-26)23(31-7-5-24)22(25)21(15)19(14)10-18/h2-4,6,9-10H,5,7-8,12-13H2,1H3. The number of nitriles is 1. The molecule has 1 aliphatic carbocycles. The molecule has 0 N–H and O–H groups in total. The third kappa shape index (κ3) is 5.22. The minimum atomic E-state index is -3.23. The Balaban J connectivity index is 1.59. The number of alkyl halides is 1. The van der Waals surface area contributed by atoms with E-state index in [2.05, 4.69) is 16.0 Å². The predicted octanol–water partition coefficient (Wildman–Crippen LogP) is 4.31. The molecule has 0 amide bonds. The van der Waals surface area contributed by atoms with Crippen LogP contribution in [-0.4, -0.2) is 37.1 Å². The van der Waals surface area contributed by atoms with Crippen molar-refractivity contribution in [1.82, 2.24) is 9.97 Å². The second kappa shape index (κ2) is 9.56. The summed E-state index contributed by atoms with van der Waals surface area (Å²) in [6.45, 7) is 0.390. The molecular weight excluding hydrogens is 485 g/mol. The number of benzene rings is 2. The van der Waals surface area contributed by atoms with Gasteiger partial charge in [0.15, 0.2) is 15.6 Å². The zero-order valence-corrected chi connectivity index (χ0v) is 20.0. The molecular formula is C23H19Cl2N3O4S. The number of rotatable bonds is 8. The molecule has 1 heterocycles. The molecule has 0 spiro atoms. The maximum atomic E-state index is 11.5. The molecule has 4 rings (SSSR count). The first-order chi connectivity index (χ1) is 15.8. The Kier molecular flexibility index (Phi) is 6.75. The van der Waals surface area contributed by atoms with E-state index >= 15 is 0 Å². The summed E-state index contributed by atoms with van der Waals surface area (Å²) in [5.74, 6) is 1.21. The number of halogens is 2. The molecule has 170 valence electrons. The van der Waals surface area contributed by atoms with Gasteiger partial charge in [-0.3, -0.25) is 0 Å². The number of sulfone groups is 1. The number of ether oxygens (including phenoxy) is 2. The quantitative estimate of drug-likeness (QED) is 0.330. The lowest BCUT2D eigenvalue weighted by molar-refractivity contribution is 0.301. The van der Waals surface area contributed by atoms with Crippen LogP contribution in [0.3, 0.4) is 0 Å². The maximum Gasteiger partial charge on any atom is 0.156 e. The van der Waals surface area contributed by atoms with Crippen LogP contribution in [0.4, 0.5) is 0 Å². The highest BCUT2D eigenvalue weighted by atomic mass is 35.5. The van der Waals surface area contributed by atoms with Gasteiger partial charge in [0, 0.05) is 18.0 Å². The summed E-state index contributed by atoms with van der Waals surface area (Å²) in [5, 5.41) is 9.89. The van der Waals surface area contributed by atoms with Crippen molar-refractivity contribution in [3.8, 4) is 28.7 Å². The highest BCUT2D eigenvalue weighted by Crippen LogP contribution is 2.47. The first-order valence-corrected chi connectivity index (χ1v) is 12.9. The van der Waals surface area contributed by atoms with Gasteiger partial charge in [0.2, 0.25) is 0 Å². The van der Waals surface area contributed by atoms with Gasteiger partial charge in [0.05, 0.1) is 22.2 Å². The number of hydrogen-bond donors (Lipinski definition) is 0. The molecule has 0 saturated carbocycles. The molecule has 33 heavy (non-hydrogen) atoms. The molecule has 10 heteroatoms. The Morgan fingerprint density at radius 3 is 2.73 bits per heavy atom. The fraction of sp³-hybridized carbons (Fsp3) is 0.261. The molecule has 0 bridgehead atoms. The SMILES string of the molecule is CS(=O)(=O)Cc1nccc(COc2ccc3c(c2)-c2c(cc(C#N)c(OCCCl)c2Cl)C3)n1. The summed E-state index contributed by atoms with van der Waals surface area (Å²) in [6, 6.07) is 11.3. The van der Waals surface area contributed by atoms with Crippen LogP contribution in [0.5, 0.6) is 11.5 Å². The normalized spacial score (nSPS) is 12.1. The summed E-state index contributed by atoms with van der Waals surface area (Å²) in [4.78, 5) is 8.26. The predicted molar refractivity (Wildman–Crippen MR) is 126 cm³/mol. The van der Waals surface area contributed by atoms with Crippen LogP contribution >= 0.6 is 23.2 Å². The van der Waals surface area contributed by atoms with Gasteiger partial charge in [0.25, 0.3) is 0 Å². The number of fused-ring (bicyclic) bond motifs is 3. The van der Waals surface area contributed by atoms with E-state index in [0.29, 0.717) is 34.2 Å². The molecule has 1 aromatic heterocycles. The van der Waals surface area contributed by atoms with E-state index in [-0.39, 0.29) is 30.7 Å². The molecule has 7 nitrogen and oxygen atoms in total. The fourth-order valence-electron chi connectivity index (χ4n) is 3.70. The van der Waals surface area contributed by atoms with Crippen molar-refractivity contribution in [1.29, 1.82) is 5.26 Å². The second-order valence-corrected chi connectivity index (χ2v) is 10.5. The van der Waals surface area contributed by atoms with E-state index in [1.54, 1.807) is 12.1 Å². The average Bonchev–Trinajstić information content (AvgIpc) is 3.14. The van der Waals surface area contributed by atoms with Crippen LogP contribution in [0, 0.1) is 11.3 Å². The van der Waals surface area contributed by atoms with E-state index in [1.807, 2.05) is 18.2 Å². The van der Waals surface area contributed by atoms with Crippen LogP contribution in [0.1, 0.15) is 28.2 Å². The van der Waals surface area contributed by atoms with Crippen LogP contribution in [0.2, 0.25) is 5.02 Å². The molecule has 0 saturated heterocycles. The monoisotopic (exact) mass is 503 g/mol. The average molecular weight is 504 g/mol. The van der Waals surface area contributed by atoms with Gasteiger partial charge in [-0.1, -0.05) is 17.7 Å². The zero-order chi connectivity index (χ0) is 23.6. The van der Waals surface area contributed by atoms with Crippen molar-refractivity contribution >= 4 is 33.0 Å². The van der Waals surface area contributed by atoms with Crippen molar-refractivity contribution in [2.24, 2.45) is 0 Å². The third-order valence-electron chi connectivity index (χ3n) is 5.02. The number of hydrogen-bond acceptors (Lipinski definition) is 7. The van der Waals surface area contributed by atoms with Crippen molar-refractivity contribution < 1.29 is 17.9 Å². The van der Waals surface area contributed by atoms with Crippen molar-refractivity contribution in [3.63, 3.8) is 0 Å². The maximum absolute atomic E-state index is 11.5. The van der Waals surface area contributed by atoms with Crippen LogP contribution in [0.15, 0.2) is 36.5 Å². The lowest BCUT2D eigenvalue weighted by Crippen LogP contribution is -2.08. The van der Waals surface area contributed by atoms with E-state index in [9.17, 15) is 13.7 Å². The Morgan fingerprint density at radius 2 is 2.00 bits per heavy atom. The molecule has 2 aromatic carbocycles. The van der Waals surface area contributed by atoms with E-state index in [1.165, 1.54) is 6.20 Å². The molecule has 0 fully saturated rings. The zero-order valence-electron chi connectivity index (χ0n) is 17.6. The van der Waals surface area contributed by atoms with Crippen molar-refractivity contribution in [2.45, 2.75) is 18.8 Å². The van der Waals surface area contributed by atoms with Gasteiger partial charge in [-0.05, 0) is 47.4 Å². The topological polar surface area (TPSA) is 102 Å². The first-order valence-electron chi connectivity index (χ1n) is 9.98. The van der Waals surface area contributed by atoms with Crippen molar-refractivity contribution in [2.75, 3.05) is 18.7 Å².